The number of nitrogens with one attached hydrogen (secondary N) is 1. The molecule has 3 heteroatoms. The van der Waals surface area contributed by atoms with Crippen LogP contribution in [0.2, 0.25) is 0 Å². The van der Waals surface area contributed by atoms with Crippen molar-refractivity contribution in [2.24, 2.45) is 0 Å². The van der Waals surface area contributed by atoms with Crippen LogP contribution in [-0.2, 0) is 11.2 Å². The monoisotopic (exact) mass is 288 g/mol. The topological polar surface area (TPSA) is 32.3 Å². The first-order valence-electron chi connectivity index (χ1n) is 8.28. The number of amides is 1. The number of aryl methyl sites for hydroxylation is 1. The fourth-order valence-electron chi connectivity index (χ4n) is 2.84. The Hall–Kier alpha value is -1.35. The minimum Gasteiger partial charge on any atom is -0.356 e. The highest BCUT2D eigenvalue weighted by Gasteiger charge is 2.08. The van der Waals surface area contributed by atoms with Crippen LogP contribution in [-0.4, -0.2) is 37.0 Å². The molecule has 21 heavy (non-hydrogen) atoms. The van der Waals surface area contributed by atoms with Crippen LogP contribution in [0.3, 0.4) is 0 Å². The first-order chi connectivity index (χ1) is 10.2. The second kappa shape index (κ2) is 8.83. The molecule has 0 bridgehead atoms. The highest BCUT2D eigenvalue weighted by atomic mass is 16.1. The second-order valence-electron chi connectivity index (χ2n) is 6.12. The molecule has 0 aliphatic carbocycles. The van der Waals surface area contributed by atoms with Crippen molar-refractivity contribution in [1.82, 2.24) is 10.2 Å². The summed E-state index contributed by atoms with van der Waals surface area (Å²) in [5.41, 5.74) is 2.32. The summed E-state index contributed by atoms with van der Waals surface area (Å²) in [5.74, 6) is 0.134. The fourth-order valence-corrected chi connectivity index (χ4v) is 2.84. The minimum atomic E-state index is 0.134. The molecule has 1 aromatic rings. The van der Waals surface area contributed by atoms with E-state index in [2.05, 4.69) is 29.3 Å². The molecular formula is C18H28N2O. The van der Waals surface area contributed by atoms with Gasteiger partial charge in [0.05, 0.1) is 6.42 Å². The van der Waals surface area contributed by atoms with Crippen LogP contribution in [0.4, 0.5) is 0 Å². The fraction of sp³-hybridized carbons (Fsp3) is 0.611. The van der Waals surface area contributed by atoms with Gasteiger partial charge in [-0.3, -0.25) is 4.79 Å². The van der Waals surface area contributed by atoms with Gasteiger partial charge in [0.1, 0.15) is 0 Å². The lowest BCUT2D eigenvalue weighted by molar-refractivity contribution is -0.120. The maximum Gasteiger partial charge on any atom is 0.224 e. The molecule has 116 valence electrons. The van der Waals surface area contributed by atoms with E-state index in [1.807, 2.05) is 12.1 Å². The highest BCUT2D eigenvalue weighted by Crippen LogP contribution is 2.09. The van der Waals surface area contributed by atoms with Crippen molar-refractivity contribution < 1.29 is 4.79 Å². The maximum atomic E-state index is 11.9. The SMILES string of the molecule is Cc1ccc(CC(=O)NCCCN2CCCCCC2)cc1. The summed E-state index contributed by atoms with van der Waals surface area (Å²) in [6.45, 7) is 6.44. The molecule has 0 spiro atoms. The van der Waals surface area contributed by atoms with Crippen LogP contribution in [0, 0.1) is 6.92 Å². The van der Waals surface area contributed by atoms with E-state index in [1.54, 1.807) is 0 Å². The molecule has 3 nitrogen and oxygen atoms in total. The lowest BCUT2D eigenvalue weighted by Crippen LogP contribution is -2.31. The smallest absolute Gasteiger partial charge is 0.224 e. The van der Waals surface area contributed by atoms with Gasteiger partial charge in [-0.25, -0.2) is 0 Å². The van der Waals surface area contributed by atoms with Crippen molar-refractivity contribution in [2.75, 3.05) is 26.2 Å². The summed E-state index contributed by atoms with van der Waals surface area (Å²) in [7, 11) is 0. The van der Waals surface area contributed by atoms with Gasteiger partial charge >= 0.3 is 0 Å². The first kappa shape index (κ1) is 16.0. The number of hydrogen-bond acceptors (Lipinski definition) is 2. The average molecular weight is 288 g/mol. The van der Waals surface area contributed by atoms with E-state index in [-0.39, 0.29) is 5.91 Å². The van der Waals surface area contributed by atoms with E-state index in [0.29, 0.717) is 6.42 Å². The zero-order chi connectivity index (χ0) is 14.9. The van der Waals surface area contributed by atoms with Crippen LogP contribution in [0.5, 0.6) is 0 Å². The number of likely N-dealkylation sites (tertiary alicyclic amines) is 1. The number of nitrogens with zero attached hydrogens (tertiary/aromatic N) is 1. The summed E-state index contributed by atoms with van der Waals surface area (Å²) >= 11 is 0. The molecule has 0 atom stereocenters. The summed E-state index contributed by atoms with van der Waals surface area (Å²) < 4.78 is 0. The van der Waals surface area contributed by atoms with Crippen LogP contribution < -0.4 is 5.32 Å². The van der Waals surface area contributed by atoms with Crippen LogP contribution >= 0.6 is 0 Å². The molecule has 1 saturated heterocycles. The maximum absolute atomic E-state index is 11.9. The van der Waals surface area contributed by atoms with Gasteiger partial charge in [0.25, 0.3) is 0 Å². The molecule has 1 N–H and O–H groups in total. The Labute approximate surface area is 128 Å². The summed E-state index contributed by atoms with van der Waals surface area (Å²) in [5, 5.41) is 3.04. The predicted octanol–water partition coefficient (Wildman–Crippen LogP) is 2.92. The number of rotatable bonds is 6. The molecule has 0 aromatic heterocycles. The largest absolute Gasteiger partial charge is 0.356 e. The van der Waals surface area contributed by atoms with E-state index >= 15 is 0 Å². The molecule has 1 aliphatic heterocycles. The molecule has 0 saturated carbocycles. The molecule has 1 aromatic carbocycles. The van der Waals surface area contributed by atoms with Crippen LogP contribution in [0.15, 0.2) is 24.3 Å². The zero-order valence-electron chi connectivity index (χ0n) is 13.2. The average Bonchev–Trinajstić information content (AvgIpc) is 2.75. The molecule has 1 amide bonds. The van der Waals surface area contributed by atoms with E-state index in [0.717, 1.165) is 25.1 Å². The van der Waals surface area contributed by atoms with Crippen molar-refractivity contribution in [2.45, 2.75) is 45.4 Å². The third-order valence-corrected chi connectivity index (χ3v) is 4.16. The van der Waals surface area contributed by atoms with Crippen molar-refractivity contribution in [3.05, 3.63) is 35.4 Å². The molecule has 0 unspecified atom stereocenters. The number of hydrogen-bond donors (Lipinski definition) is 1. The van der Waals surface area contributed by atoms with Gasteiger partial charge in [0, 0.05) is 6.54 Å². The van der Waals surface area contributed by atoms with Gasteiger partial charge < -0.3 is 10.2 Å². The molecule has 2 rings (SSSR count). The minimum absolute atomic E-state index is 0.134. The van der Waals surface area contributed by atoms with Gasteiger partial charge in [0.2, 0.25) is 5.91 Å². The predicted molar refractivity (Wildman–Crippen MR) is 87.4 cm³/mol. The Balaban J connectivity index is 1.59. The Kier molecular flexibility index (Phi) is 6.74. The van der Waals surface area contributed by atoms with E-state index < -0.39 is 0 Å². The molecular weight excluding hydrogens is 260 g/mol. The highest BCUT2D eigenvalue weighted by molar-refractivity contribution is 5.78. The van der Waals surface area contributed by atoms with E-state index in [4.69, 9.17) is 0 Å². The van der Waals surface area contributed by atoms with Crippen molar-refractivity contribution >= 4 is 5.91 Å². The van der Waals surface area contributed by atoms with Crippen molar-refractivity contribution in [3.63, 3.8) is 0 Å². The normalized spacial score (nSPS) is 16.4. The summed E-state index contributed by atoms with van der Waals surface area (Å²) in [6.07, 6.45) is 6.97. The lowest BCUT2D eigenvalue weighted by Gasteiger charge is -2.19. The first-order valence-corrected chi connectivity index (χ1v) is 8.28. The number of carbonyl (C=O) groups is 1. The second-order valence-corrected chi connectivity index (χ2v) is 6.12. The quantitative estimate of drug-likeness (QED) is 0.816. The lowest BCUT2D eigenvalue weighted by atomic mass is 10.1. The third-order valence-electron chi connectivity index (χ3n) is 4.16. The molecule has 1 fully saturated rings. The Morgan fingerprint density at radius 1 is 1.10 bits per heavy atom. The van der Waals surface area contributed by atoms with Gasteiger partial charge in [-0.1, -0.05) is 42.7 Å². The van der Waals surface area contributed by atoms with Gasteiger partial charge in [0.15, 0.2) is 0 Å². The van der Waals surface area contributed by atoms with Gasteiger partial charge in [-0.2, -0.15) is 0 Å². The van der Waals surface area contributed by atoms with Gasteiger partial charge in [-0.15, -0.1) is 0 Å². The van der Waals surface area contributed by atoms with Gasteiger partial charge in [-0.05, 0) is 51.4 Å². The van der Waals surface area contributed by atoms with Crippen LogP contribution in [0.25, 0.3) is 0 Å². The third kappa shape index (κ3) is 6.30. The summed E-state index contributed by atoms with van der Waals surface area (Å²) in [4.78, 5) is 14.4. The number of benzene rings is 1. The van der Waals surface area contributed by atoms with E-state index in [1.165, 1.54) is 44.3 Å². The molecule has 1 heterocycles. The van der Waals surface area contributed by atoms with Crippen molar-refractivity contribution in [3.8, 4) is 0 Å². The Morgan fingerprint density at radius 3 is 2.43 bits per heavy atom. The number of carbonyl (C=O) groups excluding carboxylic acids is 1. The standard InChI is InChI=1S/C18H28N2O/c1-16-7-9-17(10-8-16)15-18(21)19-11-6-14-20-12-4-2-3-5-13-20/h7-10H,2-6,11-15H2,1H3,(H,19,21). The van der Waals surface area contributed by atoms with Crippen LogP contribution in [0.1, 0.15) is 43.2 Å². The van der Waals surface area contributed by atoms with Crippen molar-refractivity contribution in [1.29, 1.82) is 0 Å². The Bertz CT molecular complexity index is 419. The molecule has 1 aliphatic rings. The Morgan fingerprint density at radius 2 is 1.76 bits per heavy atom. The van der Waals surface area contributed by atoms with E-state index in [9.17, 15) is 4.79 Å². The zero-order valence-corrected chi connectivity index (χ0v) is 13.2. The molecule has 0 radical (unpaired) electrons. The summed E-state index contributed by atoms with van der Waals surface area (Å²) in [6, 6.07) is 8.18.